The Morgan fingerprint density at radius 3 is 2.49 bits per heavy atom. The summed E-state index contributed by atoms with van der Waals surface area (Å²) >= 11 is 0. The molecule has 0 aromatic heterocycles. The number of rotatable bonds is 14. The normalized spacial score (nSPS) is 14.0. The van der Waals surface area contributed by atoms with Crippen LogP contribution in [-0.4, -0.2) is 85.9 Å². The number of aliphatic hydroxyl groups excluding tert-OH is 1. The quantitative estimate of drug-likeness (QED) is 0.376. The number of benzene rings is 2. The van der Waals surface area contributed by atoms with E-state index in [4.69, 9.17) is 14.6 Å². The molecule has 0 atom stereocenters. The molecule has 202 valence electrons. The molecule has 2 amide bonds. The predicted octanol–water partition coefficient (Wildman–Crippen LogP) is 3.65. The van der Waals surface area contributed by atoms with Crippen LogP contribution in [-0.2, 0) is 9.53 Å². The van der Waals surface area contributed by atoms with Crippen molar-refractivity contribution < 1.29 is 24.2 Å². The predicted molar refractivity (Wildman–Crippen MR) is 145 cm³/mol. The smallest absolute Gasteiger partial charge is 0.256 e. The SMILES string of the molecule is Cc1ccc(NC(=O)c2ccccc2C)c(OCCCCCC(=O)N2CCN(CCOCCO)CC2)c1. The van der Waals surface area contributed by atoms with Crippen molar-refractivity contribution in [1.29, 1.82) is 0 Å². The van der Waals surface area contributed by atoms with Gasteiger partial charge in [0.05, 0.1) is 32.1 Å². The Morgan fingerprint density at radius 1 is 0.946 bits per heavy atom. The molecule has 1 aliphatic heterocycles. The number of carbonyl (C=O) groups is 2. The Bertz CT molecular complexity index is 1000. The molecule has 0 aliphatic carbocycles. The molecule has 0 spiro atoms. The van der Waals surface area contributed by atoms with Crippen molar-refractivity contribution in [1.82, 2.24) is 9.80 Å². The zero-order chi connectivity index (χ0) is 26.5. The van der Waals surface area contributed by atoms with Gasteiger partial charge in [-0.3, -0.25) is 14.5 Å². The number of carbonyl (C=O) groups excluding carboxylic acids is 2. The first-order chi connectivity index (χ1) is 18.0. The summed E-state index contributed by atoms with van der Waals surface area (Å²) in [5, 5.41) is 11.7. The first-order valence-corrected chi connectivity index (χ1v) is 13.3. The molecule has 37 heavy (non-hydrogen) atoms. The van der Waals surface area contributed by atoms with E-state index in [1.165, 1.54) is 0 Å². The second kappa shape index (κ2) is 15.3. The number of piperazine rings is 1. The molecule has 0 saturated carbocycles. The molecular weight excluding hydrogens is 470 g/mol. The first-order valence-electron chi connectivity index (χ1n) is 13.3. The van der Waals surface area contributed by atoms with Gasteiger partial charge in [-0.05, 0) is 62.4 Å². The molecule has 1 fully saturated rings. The Labute approximate surface area is 220 Å². The summed E-state index contributed by atoms with van der Waals surface area (Å²) in [6.07, 6.45) is 3.14. The van der Waals surface area contributed by atoms with Crippen LogP contribution < -0.4 is 10.1 Å². The fraction of sp³-hybridized carbons (Fsp3) is 0.517. The van der Waals surface area contributed by atoms with E-state index >= 15 is 0 Å². The largest absolute Gasteiger partial charge is 0.491 e. The van der Waals surface area contributed by atoms with Crippen LogP contribution in [0.25, 0.3) is 0 Å². The maximum Gasteiger partial charge on any atom is 0.256 e. The molecule has 0 unspecified atom stereocenters. The van der Waals surface area contributed by atoms with Crippen molar-refractivity contribution in [3.63, 3.8) is 0 Å². The molecule has 3 rings (SSSR count). The van der Waals surface area contributed by atoms with E-state index in [9.17, 15) is 9.59 Å². The minimum Gasteiger partial charge on any atom is -0.491 e. The lowest BCUT2D eigenvalue weighted by Gasteiger charge is -2.34. The summed E-state index contributed by atoms with van der Waals surface area (Å²) in [5.41, 5.74) is 3.29. The molecule has 2 aromatic carbocycles. The van der Waals surface area contributed by atoms with Gasteiger partial charge in [0, 0.05) is 44.7 Å². The number of aliphatic hydroxyl groups is 1. The van der Waals surface area contributed by atoms with E-state index < -0.39 is 0 Å². The zero-order valence-electron chi connectivity index (χ0n) is 22.2. The number of hydrogen-bond donors (Lipinski definition) is 2. The van der Waals surface area contributed by atoms with Gasteiger partial charge in [-0.25, -0.2) is 0 Å². The lowest BCUT2D eigenvalue weighted by atomic mass is 10.1. The molecule has 2 N–H and O–H groups in total. The van der Waals surface area contributed by atoms with E-state index in [1.54, 1.807) is 0 Å². The van der Waals surface area contributed by atoms with Gasteiger partial charge < -0.3 is 24.8 Å². The van der Waals surface area contributed by atoms with Crippen LogP contribution in [0, 0.1) is 13.8 Å². The van der Waals surface area contributed by atoms with Crippen LogP contribution in [0.1, 0.15) is 47.2 Å². The maximum atomic E-state index is 12.8. The summed E-state index contributed by atoms with van der Waals surface area (Å²) in [7, 11) is 0. The van der Waals surface area contributed by atoms with Crippen LogP contribution in [0.15, 0.2) is 42.5 Å². The minimum atomic E-state index is -0.152. The molecule has 1 saturated heterocycles. The fourth-order valence-corrected chi connectivity index (χ4v) is 4.35. The van der Waals surface area contributed by atoms with Crippen molar-refractivity contribution in [3.05, 3.63) is 59.2 Å². The Hall–Kier alpha value is -2.94. The van der Waals surface area contributed by atoms with Crippen molar-refractivity contribution in [2.45, 2.75) is 39.5 Å². The molecule has 8 nitrogen and oxygen atoms in total. The summed E-state index contributed by atoms with van der Waals surface area (Å²) in [6, 6.07) is 13.3. The third kappa shape index (κ3) is 9.46. The van der Waals surface area contributed by atoms with Crippen molar-refractivity contribution in [2.75, 3.05) is 64.5 Å². The first kappa shape index (κ1) is 28.6. The number of anilines is 1. The van der Waals surface area contributed by atoms with Crippen LogP contribution in [0.2, 0.25) is 0 Å². The minimum absolute atomic E-state index is 0.0497. The van der Waals surface area contributed by atoms with Crippen LogP contribution >= 0.6 is 0 Å². The molecular formula is C29H41N3O5. The molecule has 0 radical (unpaired) electrons. The summed E-state index contributed by atoms with van der Waals surface area (Å²) in [6.45, 7) is 9.55. The lowest BCUT2D eigenvalue weighted by molar-refractivity contribution is -0.133. The average molecular weight is 512 g/mol. The van der Waals surface area contributed by atoms with Crippen LogP contribution in [0.5, 0.6) is 5.75 Å². The second-order valence-corrected chi connectivity index (χ2v) is 9.49. The lowest BCUT2D eigenvalue weighted by Crippen LogP contribution is -2.49. The maximum absolute atomic E-state index is 12.8. The van der Waals surface area contributed by atoms with Crippen molar-refractivity contribution in [3.8, 4) is 5.75 Å². The van der Waals surface area contributed by atoms with Gasteiger partial charge >= 0.3 is 0 Å². The Balaban J connectivity index is 1.34. The van der Waals surface area contributed by atoms with Gasteiger partial charge in [-0.2, -0.15) is 0 Å². The van der Waals surface area contributed by atoms with Gasteiger partial charge in [-0.1, -0.05) is 24.3 Å². The van der Waals surface area contributed by atoms with Crippen molar-refractivity contribution in [2.24, 2.45) is 0 Å². The van der Waals surface area contributed by atoms with E-state index in [2.05, 4.69) is 10.2 Å². The molecule has 0 bridgehead atoms. The number of amides is 2. The summed E-state index contributed by atoms with van der Waals surface area (Å²) in [4.78, 5) is 29.6. The average Bonchev–Trinajstić information content (AvgIpc) is 2.90. The van der Waals surface area contributed by atoms with Gasteiger partial charge in [-0.15, -0.1) is 0 Å². The van der Waals surface area contributed by atoms with Gasteiger partial charge in [0.1, 0.15) is 5.75 Å². The van der Waals surface area contributed by atoms with Gasteiger partial charge in [0.2, 0.25) is 5.91 Å². The van der Waals surface area contributed by atoms with E-state index in [1.807, 2.05) is 61.2 Å². The van der Waals surface area contributed by atoms with E-state index in [0.717, 1.165) is 63.1 Å². The Morgan fingerprint density at radius 2 is 1.73 bits per heavy atom. The van der Waals surface area contributed by atoms with Crippen LogP contribution in [0.3, 0.4) is 0 Å². The van der Waals surface area contributed by atoms with Gasteiger partial charge in [0.25, 0.3) is 5.91 Å². The summed E-state index contributed by atoms with van der Waals surface area (Å²) in [5.74, 6) is 0.732. The highest BCUT2D eigenvalue weighted by molar-refractivity contribution is 6.06. The number of aryl methyl sites for hydroxylation is 2. The third-order valence-electron chi connectivity index (χ3n) is 6.58. The monoisotopic (exact) mass is 511 g/mol. The molecule has 1 heterocycles. The fourth-order valence-electron chi connectivity index (χ4n) is 4.35. The number of hydrogen-bond acceptors (Lipinski definition) is 6. The number of unbranched alkanes of at least 4 members (excludes halogenated alkanes) is 2. The third-order valence-corrected chi connectivity index (χ3v) is 6.58. The highest BCUT2D eigenvalue weighted by Crippen LogP contribution is 2.27. The molecule has 2 aromatic rings. The zero-order valence-corrected chi connectivity index (χ0v) is 22.2. The molecule has 1 aliphatic rings. The number of nitrogens with one attached hydrogen (secondary N) is 1. The van der Waals surface area contributed by atoms with Crippen molar-refractivity contribution >= 4 is 17.5 Å². The highest BCUT2D eigenvalue weighted by atomic mass is 16.5. The van der Waals surface area contributed by atoms with Gasteiger partial charge in [0.15, 0.2) is 0 Å². The highest BCUT2D eigenvalue weighted by Gasteiger charge is 2.20. The standard InChI is InChI=1S/C29H41N3O5/c1-23-11-12-26(30-29(35)25-9-6-5-8-24(25)2)27(22-23)37-19-7-3-4-10-28(34)32-15-13-31(14-16-32)17-20-36-21-18-33/h5-6,8-9,11-12,22,33H,3-4,7,10,13-21H2,1-2H3,(H,30,35). The Kier molecular flexibility index (Phi) is 11.9. The van der Waals surface area contributed by atoms with E-state index in [0.29, 0.717) is 43.2 Å². The number of ether oxygens (including phenoxy) is 2. The molecule has 8 heteroatoms. The van der Waals surface area contributed by atoms with E-state index in [-0.39, 0.29) is 18.4 Å². The number of nitrogens with zero attached hydrogens (tertiary/aromatic N) is 2. The topological polar surface area (TPSA) is 91.3 Å². The second-order valence-electron chi connectivity index (χ2n) is 9.49. The van der Waals surface area contributed by atoms with Crippen LogP contribution in [0.4, 0.5) is 5.69 Å². The summed E-state index contributed by atoms with van der Waals surface area (Å²) < 4.78 is 11.4.